The summed E-state index contributed by atoms with van der Waals surface area (Å²) in [4.78, 5) is 27.4. The van der Waals surface area contributed by atoms with E-state index < -0.39 is 0 Å². The SMILES string of the molecule is Cc1ccc(Cc2nc(N3CCN(C(=O)c4ccc(Cl)cc4Cl)CC3)c3c(C)nn(-c4ccccc4)c3n2)cc1. The highest BCUT2D eigenvalue weighted by molar-refractivity contribution is 6.36. The van der Waals surface area contributed by atoms with Gasteiger partial charge in [0.1, 0.15) is 11.6 Å². The molecule has 1 saturated heterocycles. The number of hydrogen-bond acceptors (Lipinski definition) is 5. The molecular formula is C31H28Cl2N6O. The van der Waals surface area contributed by atoms with Crippen LogP contribution in [-0.4, -0.2) is 56.7 Å². The molecule has 5 aromatic rings. The van der Waals surface area contributed by atoms with Crippen molar-refractivity contribution in [2.45, 2.75) is 20.3 Å². The van der Waals surface area contributed by atoms with Gasteiger partial charge in [0.2, 0.25) is 0 Å². The lowest BCUT2D eigenvalue weighted by molar-refractivity contribution is 0.0747. The number of piperazine rings is 1. The summed E-state index contributed by atoms with van der Waals surface area (Å²) in [5.41, 5.74) is 5.41. The molecule has 7 nitrogen and oxygen atoms in total. The number of rotatable bonds is 5. The van der Waals surface area contributed by atoms with Crippen molar-refractivity contribution in [1.29, 1.82) is 0 Å². The molecule has 40 heavy (non-hydrogen) atoms. The average Bonchev–Trinajstić information content (AvgIpc) is 3.30. The Morgan fingerprint density at radius 1 is 0.875 bits per heavy atom. The summed E-state index contributed by atoms with van der Waals surface area (Å²) >= 11 is 12.4. The maximum absolute atomic E-state index is 13.2. The van der Waals surface area contributed by atoms with Gasteiger partial charge in [0.05, 0.1) is 27.4 Å². The van der Waals surface area contributed by atoms with Crippen molar-refractivity contribution in [3.05, 3.63) is 111 Å². The van der Waals surface area contributed by atoms with Gasteiger partial charge >= 0.3 is 0 Å². The Hall–Kier alpha value is -3.94. The number of anilines is 1. The molecule has 0 N–H and O–H groups in total. The molecule has 1 aliphatic heterocycles. The average molecular weight is 572 g/mol. The van der Waals surface area contributed by atoms with Crippen LogP contribution in [0, 0.1) is 13.8 Å². The van der Waals surface area contributed by atoms with Crippen molar-refractivity contribution in [3.8, 4) is 5.69 Å². The number of carbonyl (C=O) groups excluding carboxylic acids is 1. The molecule has 2 aromatic heterocycles. The molecule has 0 unspecified atom stereocenters. The van der Waals surface area contributed by atoms with Crippen LogP contribution in [0.15, 0.2) is 72.8 Å². The predicted molar refractivity (Wildman–Crippen MR) is 160 cm³/mol. The molecule has 0 aliphatic carbocycles. The van der Waals surface area contributed by atoms with Crippen LogP contribution in [0.4, 0.5) is 5.82 Å². The van der Waals surface area contributed by atoms with Gasteiger partial charge in [0.25, 0.3) is 5.91 Å². The number of para-hydroxylation sites is 1. The normalized spacial score (nSPS) is 13.7. The summed E-state index contributed by atoms with van der Waals surface area (Å²) < 4.78 is 1.90. The van der Waals surface area contributed by atoms with Gasteiger partial charge in [-0.05, 0) is 49.7 Å². The van der Waals surface area contributed by atoms with Crippen molar-refractivity contribution in [2.24, 2.45) is 0 Å². The third kappa shape index (κ3) is 5.15. The van der Waals surface area contributed by atoms with Crippen LogP contribution in [0.3, 0.4) is 0 Å². The first-order valence-corrected chi connectivity index (χ1v) is 14.0. The van der Waals surface area contributed by atoms with Crippen molar-refractivity contribution in [1.82, 2.24) is 24.6 Å². The highest BCUT2D eigenvalue weighted by atomic mass is 35.5. The fraction of sp³-hybridized carbons (Fsp3) is 0.226. The molecule has 0 radical (unpaired) electrons. The van der Waals surface area contributed by atoms with E-state index in [2.05, 4.69) is 36.1 Å². The standard InChI is InChI=1S/C31H28Cl2N6O/c1-20-8-10-22(11-9-20)18-27-34-29(28-21(2)36-39(30(28)35-27)24-6-4-3-5-7-24)37-14-16-38(17-15-37)31(40)25-13-12-23(32)19-26(25)33/h3-13,19H,14-18H2,1-2H3. The number of nitrogens with zero attached hydrogens (tertiary/aromatic N) is 6. The highest BCUT2D eigenvalue weighted by Crippen LogP contribution is 2.31. The summed E-state index contributed by atoms with van der Waals surface area (Å²) in [6.07, 6.45) is 0.607. The number of benzene rings is 3. The van der Waals surface area contributed by atoms with Gasteiger partial charge in [-0.25, -0.2) is 14.6 Å². The fourth-order valence-electron chi connectivity index (χ4n) is 5.11. The highest BCUT2D eigenvalue weighted by Gasteiger charge is 2.27. The maximum Gasteiger partial charge on any atom is 0.255 e. The number of hydrogen-bond donors (Lipinski definition) is 0. The molecule has 1 fully saturated rings. The Kier molecular flexibility index (Phi) is 7.17. The summed E-state index contributed by atoms with van der Waals surface area (Å²) in [5, 5.41) is 6.67. The minimum atomic E-state index is -0.0951. The van der Waals surface area contributed by atoms with Gasteiger partial charge in [0.15, 0.2) is 5.65 Å². The van der Waals surface area contributed by atoms with Gasteiger partial charge in [-0.15, -0.1) is 0 Å². The Morgan fingerprint density at radius 2 is 1.60 bits per heavy atom. The molecule has 3 aromatic carbocycles. The zero-order valence-electron chi connectivity index (χ0n) is 22.3. The van der Waals surface area contributed by atoms with Gasteiger partial charge in [-0.1, -0.05) is 71.2 Å². The summed E-state index contributed by atoms with van der Waals surface area (Å²) in [7, 11) is 0. The number of halogens is 2. The third-order valence-electron chi connectivity index (χ3n) is 7.24. The van der Waals surface area contributed by atoms with Crippen molar-refractivity contribution in [3.63, 3.8) is 0 Å². The van der Waals surface area contributed by atoms with E-state index in [9.17, 15) is 4.79 Å². The molecule has 0 atom stereocenters. The van der Waals surface area contributed by atoms with E-state index in [-0.39, 0.29) is 5.91 Å². The lowest BCUT2D eigenvalue weighted by atomic mass is 10.1. The molecule has 9 heteroatoms. The largest absolute Gasteiger partial charge is 0.352 e. The Bertz CT molecular complexity index is 1690. The smallest absolute Gasteiger partial charge is 0.255 e. The van der Waals surface area contributed by atoms with Gasteiger partial charge in [-0.2, -0.15) is 5.10 Å². The topological polar surface area (TPSA) is 67.2 Å². The number of aromatic nitrogens is 4. The molecule has 3 heterocycles. The molecule has 0 bridgehead atoms. The van der Waals surface area contributed by atoms with Crippen LogP contribution in [0.25, 0.3) is 16.7 Å². The zero-order chi connectivity index (χ0) is 27.8. The van der Waals surface area contributed by atoms with Crippen LogP contribution in [0.1, 0.15) is 33.0 Å². The van der Waals surface area contributed by atoms with E-state index in [0.717, 1.165) is 39.6 Å². The summed E-state index contributed by atoms with van der Waals surface area (Å²) in [6.45, 7) is 6.42. The van der Waals surface area contributed by atoms with E-state index in [1.165, 1.54) is 5.56 Å². The molecule has 6 rings (SSSR count). The number of carbonyl (C=O) groups is 1. The van der Waals surface area contributed by atoms with Gasteiger partial charge < -0.3 is 9.80 Å². The summed E-state index contributed by atoms with van der Waals surface area (Å²) in [6, 6.07) is 23.5. The first-order chi connectivity index (χ1) is 19.4. The second-order valence-corrected chi connectivity index (χ2v) is 10.9. The number of amides is 1. The zero-order valence-corrected chi connectivity index (χ0v) is 23.8. The molecule has 0 spiro atoms. The molecule has 1 aliphatic rings. The van der Waals surface area contributed by atoms with Gasteiger partial charge in [0, 0.05) is 37.6 Å². The maximum atomic E-state index is 13.2. The van der Waals surface area contributed by atoms with E-state index in [1.54, 1.807) is 18.2 Å². The first kappa shape index (κ1) is 26.3. The molecule has 202 valence electrons. The number of aryl methyl sites for hydroxylation is 2. The lowest BCUT2D eigenvalue weighted by Gasteiger charge is -2.36. The van der Waals surface area contributed by atoms with Gasteiger partial charge in [-0.3, -0.25) is 4.79 Å². The summed E-state index contributed by atoms with van der Waals surface area (Å²) in [5.74, 6) is 1.49. The second-order valence-electron chi connectivity index (χ2n) is 10.1. The van der Waals surface area contributed by atoms with E-state index in [0.29, 0.717) is 48.2 Å². The predicted octanol–water partition coefficient (Wildman–Crippen LogP) is 6.29. The van der Waals surface area contributed by atoms with Crippen LogP contribution >= 0.6 is 23.2 Å². The van der Waals surface area contributed by atoms with Crippen molar-refractivity contribution >= 4 is 46.0 Å². The van der Waals surface area contributed by atoms with E-state index >= 15 is 0 Å². The van der Waals surface area contributed by atoms with E-state index in [1.807, 2.05) is 46.8 Å². The minimum absolute atomic E-state index is 0.0951. The van der Waals surface area contributed by atoms with Crippen LogP contribution in [0.2, 0.25) is 10.0 Å². The molecular weight excluding hydrogens is 543 g/mol. The van der Waals surface area contributed by atoms with Crippen LogP contribution in [-0.2, 0) is 6.42 Å². The number of fused-ring (bicyclic) bond motifs is 1. The quantitative estimate of drug-likeness (QED) is 0.248. The van der Waals surface area contributed by atoms with E-state index in [4.69, 9.17) is 38.3 Å². The Labute approximate surface area is 243 Å². The molecule has 1 amide bonds. The lowest BCUT2D eigenvalue weighted by Crippen LogP contribution is -2.49. The minimum Gasteiger partial charge on any atom is -0.352 e. The monoisotopic (exact) mass is 570 g/mol. The Balaban J connectivity index is 1.35. The Morgan fingerprint density at radius 3 is 2.30 bits per heavy atom. The van der Waals surface area contributed by atoms with Crippen molar-refractivity contribution < 1.29 is 4.79 Å². The first-order valence-electron chi connectivity index (χ1n) is 13.2. The molecule has 0 saturated carbocycles. The fourth-order valence-corrected chi connectivity index (χ4v) is 5.60. The van der Waals surface area contributed by atoms with Crippen LogP contribution < -0.4 is 4.90 Å². The van der Waals surface area contributed by atoms with Crippen molar-refractivity contribution in [2.75, 3.05) is 31.1 Å². The third-order valence-corrected chi connectivity index (χ3v) is 7.79. The second kappa shape index (κ2) is 10.9. The van der Waals surface area contributed by atoms with Crippen LogP contribution in [0.5, 0.6) is 0 Å².